The number of alkyl halides is 1. The smallest absolute Gasteiger partial charge is 0.0253 e. The van der Waals surface area contributed by atoms with E-state index in [-0.39, 0.29) is 0 Å². The van der Waals surface area contributed by atoms with E-state index in [2.05, 4.69) is 65.9 Å². The van der Waals surface area contributed by atoms with Crippen molar-refractivity contribution in [3.63, 3.8) is 0 Å². The molecule has 0 aromatic heterocycles. The second kappa shape index (κ2) is 5.36. The van der Waals surface area contributed by atoms with Crippen LogP contribution in [0.25, 0.3) is 6.08 Å². The SMILES string of the molecule is [CH2]CC=Cc1ccccc1CI. The summed E-state index contributed by atoms with van der Waals surface area (Å²) in [4.78, 5) is 0. The third-order valence-electron chi connectivity index (χ3n) is 1.66. The molecular formula is C11H12I. The van der Waals surface area contributed by atoms with Crippen molar-refractivity contribution < 1.29 is 0 Å². The number of rotatable bonds is 3. The molecule has 63 valence electrons. The summed E-state index contributed by atoms with van der Waals surface area (Å²) in [6.07, 6.45) is 5.09. The molecular weight excluding hydrogens is 259 g/mol. The van der Waals surface area contributed by atoms with Crippen LogP contribution < -0.4 is 0 Å². The summed E-state index contributed by atoms with van der Waals surface area (Å²) in [5.74, 6) is 0. The van der Waals surface area contributed by atoms with Gasteiger partial charge in [0.15, 0.2) is 0 Å². The molecule has 0 aliphatic carbocycles. The normalized spacial score (nSPS) is 10.8. The minimum absolute atomic E-state index is 0.857. The molecule has 0 N–H and O–H groups in total. The van der Waals surface area contributed by atoms with Crippen LogP contribution in [0.5, 0.6) is 0 Å². The zero-order valence-electron chi connectivity index (χ0n) is 6.96. The van der Waals surface area contributed by atoms with Gasteiger partial charge in [-0.2, -0.15) is 0 Å². The van der Waals surface area contributed by atoms with Crippen LogP contribution in [0.2, 0.25) is 0 Å². The predicted octanol–water partition coefficient (Wildman–Crippen LogP) is 3.86. The molecule has 0 atom stereocenters. The standard InChI is InChI=1S/C11H12I/c1-2-3-6-10-7-4-5-8-11(10)9-12/h3-8H,1-2,9H2. The van der Waals surface area contributed by atoms with Crippen molar-refractivity contribution in [2.24, 2.45) is 0 Å². The minimum Gasteiger partial charge on any atom is -0.0839 e. The van der Waals surface area contributed by atoms with Crippen LogP contribution in [0, 0.1) is 6.92 Å². The van der Waals surface area contributed by atoms with Gasteiger partial charge in [0.2, 0.25) is 0 Å². The van der Waals surface area contributed by atoms with Crippen molar-refractivity contribution >= 4 is 28.7 Å². The number of allylic oxidation sites excluding steroid dienone is 1. The lowest BCUT2D eigenvalue weighted by Gasteiger charge is -2.00. The van der Waals surface area contributed by atoms with Crippen LogP contribution in [-0.4, -0.2) is 0 Å². The molecule has 0 bridgehead atoms. The highest BCUT2D eigenvalue weighted by Gasteiger charge is 1.93. The average molecular weight is 271 g/mol. The van der Waals surface area contributed by atoms with E-state index < -0.39 is 0 Å². The van der Waals surface area contributed by atoms with Gasteiger partial charge in [-0.15, -0.1) is 0 Å². The molecule has 0 aliphatic heterocycles. The van der Waals surface area contributed by atoms with Gasteiger partial charge in [0.1, 0.15) is 0 Å². The Morgan fingerprint density at radius 2 is 2.08 bits per heavy atom. The summed E-state index contributed by atoms with van der Waals surface area (Å²) < 4.78 is 1.06. The number of benzene rings is 1. The number of hydrogen-bond donors (Lipinski definition) is 0. The fourth-order valence-corrected chi connectivity index (χ4v) is 1.72. The fourth-order valence-electron chi connectivity index (χ4n) is 1.03. The molecule has 0 aliphatic rings. The maximum Gasteiger partial charge on any atom is 0.0253 e. The second-order valence-electron chi connectivity index (χ2n) is 2.52. The molecule has 0 spiro atoms. The van der Waals surface area contributed by atoms with E-state index >= 15 is 0 Å². The molecule has 1 aromatic carbocycles. The minimum atomic E-state index is 0.857. The van der Waals surface area contributed by atoms with Gasteiger partial charge in [-0.25, -0.2) is 0 Å². The Hall–Kier alpha value is -0.310. The van der Waals surface area contributed by atoms with Gasteiger partial charge in [0.05, 0.1) is 0 Å². The second-order valence-corrected chi connectivity index (χ2v) is 3.29. The third-order valence-corrected chi connectivity index (χ3v) is 2.48. The van der Waals surface area contributed by atoms with Gasteiger partial charge < -0.3 is 0 Å². The highest BCUT2D eigenvalue weighted by Crippen LogP contribution is 2.14. The zero-order chi connectivity index (χ0) is 8.81. The van der Waals surface area contributed by atoms with Crippen molar-refractivity contribution in [2.75, 3.05) is 0 Å². The highest BCUT2D eigenvalue weighted by molar-refractivity contribution is 14.1. The first-order valence-corrected chi connectivity index (χ1v) is 5.50. The molecule has 1 radical (unpaired) electrons. The molecule has 1 heteroatoms. The molecule has 0 unspecified atom stereocenters. The van der Waals surface area contributed by atoms with Crippen LogP contribution in [-0.2, 0) is 4.43 Å². The van der Waals surface area contributed by atoms with Gasteiger partial charge in [-0.3, -0.25) is 0 Å². The number of hydrogen-bond acceptors (Lipinski definition) is 0. The number of halogens is 1. The van der Waals surface area contributed by atoms with Gasteiger partial charge >= 0.3 is 0 Å². The molecule has 0 amide bonds. The van der Waals surface area contributed by atoms with Crippen LogP contribution in [0.3, 0.4) is 0 Å². The summed E-state index contributed by atoms with van der Waals surface area (Å²) >= 11 is 2.38. The molecule has 12 heavy (non-hydrogen) atoms. The molecule has 0 heterocycles. The van der Waals surface area contributed by atoms with Crippen LogP contribution in [0.15, 0.2) is 30.3 Å². The van der Waals surface area contributed by atoms with Crippen molar-refractivity contribution in [1.29, 1.82) is 0 Å². The molecule has 0 nitrogen and oxygen atoms in total. The lowest BCUT2D eigenvalue weighted by molar-refractivity contribution is 1.39. The van der Waals surface area contributed by atoms with Gasteiger partial charge in [0.25, 0.3) is 0 Å². The quantitative estimate of drug-likeness (QED) is 0.578. The Balaban J connectivity index is 2.89. The largest absolute Gasteiger partial charge is 0.0839 e. The Morgan fingerprint density at radius 1 is 1.33 bits per heavy atom. The Morgan fingerprint density at radius 3 is 2.75 bits per heavy atom. The summed E-state index contributed by atoms with van der Waals surface area (Å²) in [7, 11) is 0. The van der Waals surface area contributed by atoms with E-state index in [1.165, 1.54) is 11.1 Å². The third kappa shape index (κ3) is 2.63. The van der Waals surface area contributed by atoms with Crippen molar-refractivity contribution in [2.45, 2.75) is 10.8 Å². The fraction of sp³-hybridized carbons (Fsp3) is 0.182. The Bertz CT molecular complexity index is 263. The van der Waals surface area contributed by atoms with Crippen LogP contribution in [0.4, 0.5) is 0 Å². The van der Waals surface area contributed by atoms with Crippen molar-refractivity contribution in [3.8, 4) is 0 Å². The predicted molar refractivity (Wildman–Crippen MR) is 63.2 cm³/mol. The van der Waals surface area contributed by atoms with E-state index in [0.717, 1.165) is 10.8 Å². The summed E-state index contributed by atoms with van der Waals surface area (Å²) in [5.41, 5.74) is 2.71. The van der Waals surface area contributed by atoms with Crippen LogP contribution in [0.1, 0.15) is 17.5 Å². The summed E-state index contributed by atoms with van der Waals surface area (Å²) in [6.45, 7) is 3.77. The van der Waals surface area contributed by atoms with E-state index in [1.54, 1.807) is 0 Å². The first kappa shape index (κ1) is 9.78. The van der Waals surface area contributed by atoms with Gasteiger partial charge in [-0.1, -0.05) is 59.0 Å². The Labute approximate surface area is 87.8 Å². The maximum atomic E-state index is 3.77. The van der Waals surface area contributed by atoms with E-state index in [9.17, 15) is 0 Å². The molecule has 0 fully saturated rings. The average Bonchev–Trinajstić information content (AvgIpc) is 2.15. The molecule has 0 saturated heterocycles. The highest BCUT2D eigenvalue weighted by atomic mass is 127. The first-order chi connectivity index (χ1) is 5.88. The van der Waals surface area contributed by atoms with Crippen LogP contribution >= 0.6 is 22.6 Å². The summed E-state index contributed by atoms with van der Waals surface area (Å²) in [5, 5.41) is 0. The van der Waals surface area contributed by atoms with E-state index in [4.69, 9.17) is 0 Å². The van der Waals surface area contributed by atoms with E-state index in [1.807, 2.05) is 0 Å². The van der Waals surface area contributed by atoms with E-state index in [0.29, 0.717) is 0 Å². The maximum absolute atomic E-state index is 3.77. The van der Waals surface area contributed by atoms with Crippen molar-refractivity contribution in [3.05, 3.63) is 48.4 Å². The van der Waals surface area contributed by atoms with Gasteiger partial charge in [0, 0.05) is 4.43 Å². The first-order valence-electron chi connectivity index (χ1n) is 3.98. The molecule has 1 rings (SSSR count). The molecule has 1 aromatic rings. The Kier molecular flexibility index (Phi) is 4.36. The van der Waals surface area contributed by atoms with Crippen molar-refractivity contribution in [1.82, 2.24) is 0 Å². The summed E-state index contributed by atoms with van der Waals surface area (Å²) in [6, 6.07) is 8.45. The lowest BCUT2D eigenvalue weighted by Crippen LogP contribution is -1.81. The topological polar surface area (TPSA) is 0 Å². The zero-order valence-corrected chi connectivity index (χ0v) is 9.12. The van der Waals surface area contributed by atoms with Gasteiger partial charge in [-0.05, 0) is 24.5 Å². The monoisotopic (exact) mass is 271 g/mol. The lowest BCUT2D eigenvalue weighted by atomic mass is 10.1. The molecule has 0 saturated carbocycles.